The number of aromatic nitrogens is 1. The lowest BCUT2D eigenvalue weighted by molar-refractivity contribution is -0.132. The summed E-state index contributed by atoms with van der Waals surface area (Å²) in [5.41, 5.74) is 0.831. The van der Waals surface area contributed by atoms with Crippen molar-refractivity contribution >= 4 is 5.91 Å². The van der Waals surface area contributed by atoms with E-state index in [0.29, 0.717) is 18.9 Å². The van der Waals surface area contributed by atoms with E-state index in [2.05, 4.69) is 4.98 Å². The van der Waals surface area contributed by atoms with E-state index in [9.17, 15) is 4.79 Å². The van der Waals surface area contributed by atoms with Gasteiger partial charge in [0.2, 0.25) is 5.91 Å². The number of benzene rings is 1. The fraction of sp³-hybridized carbons (Fsp3) is 0.400. The van der Waals surface area contributed by atoms with Crippen molar-refractivity contribution in [3.8, 4) is 11.5 Å². The van der Waals surface area contributed by atoms with E-state index in [1.54, 1.807) is 13.3 Å². The number of methoxy groups -OCH3 is 1. The fourth-order valence-electron chi connectivity index (χ4n) is 3.00. The standard InChI is InChI=1S/C20H24N2O3/c1-24-18-5-7-19(8-6-18)25-15-16-9-12-22(13-10-16)20(23)14-17-4-2-3-11-21-17/h2-8,11,16H,9-10,12-15H2,1H3. The Balaban J connectivity index is 1.41. The van der Waals surface area contributed by atoms with Crippen LogP contribution in [0.25, 0.3) is 0 Å². The number of likely N-dealkylation sites (tertiary alicyclic amines) is 1. The van der Waals surface area contributed by atoms with Crippen LogP contribution in [0.15, 0.2) is 48.7 Å². The van der Waals surface area contributed by atoms with E-state index in [4.69, 9.17) is 9.47 Å². The summed E-state index contributed by atoms with van der Waals surface area (Å²) in [6.45, 7) is 2.28. The summed E-state index contributed by atoms with van der Waals surface area (Å²) < 4.78 is 11.0. The molecule has 25 heavy (non-hydrogen) atoms. The molecule has 0 N–H and O–H groups in total. The van der Waals surface area contributed by atoms with E-state index in [1.165, 1.54) is 0 Å². The van der Waals surface area contributed by atoms with Crippen LogP contribution in [0.2, 0.25) is 0 Å². The van der Waals surface area contributed by atoms with Gasteiger partial charge in [0, 0.05) is 25.0 Å². The maximum Gasteiger partial charge on any atom is 0.228 e. The molecule has 5 heteroatoms. The normalized spacial score (nSPS) is 15.0. The Labute approximate surface area is 148 Å². The molecule has 0 unspecified atom stereocenters. The van der Waals surface area contributed by atoms with Gasteiger partial charge in [-0.3, -0.25) is 9.78 Å². The van der Waals surface area contributed by atoms with E-state index >= 15 is 0 Å². The van der Waals surface area contributed by atoms with Crippen molar-refractivity contribution in [2.75, 3.05) is 26.8 Å². The third kappa shape index (κ3) is 4.95. The van der Waals surface area contributed by atoms with Gasteiger partial charge in [-0.15, -0.1) is 0 Å². The van der Waals surface area contributed by atoms with Crippen molar-refractivity contribution in [3.05, 3.63) is 54.4 Å². The number of pyridine rings is 1. The number of carbonyl (C=O) groups is 1. The van der Waals surface area contributed by atoms with Crippen molar-refractivity contribution in [3.63, 3.8) is 0 Å². The topological polar surface area (TPSA) is 51.7 Å². The molecule has 1 aliphatic rings. The first-order valence-corrected chi connectivity index (χ1v) is 8.69. The van der Waals surface area contributed by atoms with Crippen molar-refractivity contribution < 1.29 is 14.3 Å². The largest absolute Gasteiger partial charge is 0.497 e. The van der Waals surface area contributed by atoms with Crippen molar-refractivity contribution in [1.29, 1.82) is 0 Å². The zero-order valence-corrected chi connectivity index (χ0v) is 14.6. The van der Waals surface area contributed by atoms with E-state index in [1.807, 2.05) is 47.4 Å². The molecule has 2 aromatic rings. The first-order valence-electron chi connectivity index (χ1n) is 8.69. The van der Waals surface area contributed by atoms with Crippen LogP contribution in [-0.2, 0) is 11.2 Å². The minimum Gasteiger partial charge on any atom is -0.497 e. The van der Waals surface area contributed by atoms with Crippen molar-refractivity contribution in [1.82, 2.24) is 9.88 Å². The Kier molecular flexibility index (Phi) is 5.88. The Morgan fingerprint density at radius 3 is 2.48 bits per heavy atom. The fourth-order valence-corrected chi connectivity index (χ4v) is 3.00. The summed E-state index contributed by atoms with van der Waals surface area (Å²) in [6, 6.07) is 13.3. The van der Waals surface area contributed by atoms with Gasteiger partial charge >= 0.3 is 0 Å². The Hall–Kier alpha value is -2.56. The third-order valence-electron chi connectivity index (χ3n) is 4.57. The molecule has 1 aromatic heterocycles. The van der Waals surface area contributed by atoms with Crippen LogP contribution in [0.4, 0.5) is 0 Å². The molecule has 5 nitrogen and oxygen atoms in total. The molecule has 1 fully saturated rings. The van der Waals surface area contributed by atoms with Gasteiger partial charge in [0.15, 0.2) is 0 Å². The number of amides is 1. The molecule has 0 saturated carbocycles. The molecule has 1 aliphatic heterocycles. The molecule has 2 heterocycles. The zero-order chi connectivity index (χ0) is 17.5. The summed E-state index contributed by atoms with van der Waals surface area (Å²) in [5.74, 6) is 2.33. The van der Waals surface area contributed by atoms with Crippen LogP contribution >= 0.6 is 0 Å². The van der Waals surface area contributed by atoms with Crippen molar-refractivity contribution in [2.45, 2.75) is 19.3 Å². The van der Waals surface area contributed by atoms with Gasteiger partial charge in [-0.25, -0.2) is 0 Å². The highest BCUT2D eigenvalue weighted by Gasteiger charge is 2.23. The van der Waals surface area contributed by atoms with Crippen LogP contribution in [0.5, 0.6) is 11.5 Å². The van der Waals surface area contributed by atoms with Crippen LogP contribution < -0.4 is 9.47 Å². The number of hydrogen-bond acceptors (Lipinski definition) is 4. The predicted molar refractivity (Wildman–Crippen MR) is 95.7 cm³/mol. The lowest BCUT2D eigenvalue weighted by Gasteiger charge is -2.32. The highest BCUT2D eigenvalue weighted by molar-refractivity contribution is 5.78. The monoisotopic (exact) mass is 340 g/mol. The molecule has 0 aliphatic carbocycles. The quantitative estimate of drug-likeness (QED) is 0.811. The second-order valence-corrected chi connectivity index (χ2v) is 6.31. The highest BCUT2D eigenvalue weighted by atomic mass is 16.5. The minimum atomic E-state index is 0.160. The van der Waals surface area contributed by atoms with Crippen LogP contribution in [0.3, 0.4) is 0 Å². The smallest absolute Gasteiger partial charge is 0.228 e. The van der Waals surface area contributed by atoms with Gasteiger partial charge < -0.3 is 14.4 Å². The lowest BCUT2D eigenvalue weighted by atomic mass is 9.97. The second-order valence-electron chi connectivity index (χ2n) is 6.31. The number of rotatable bonds is 6. The molecular formula is C20H24N2O3. The van der Waals surface area contributed by atoms with Crippen molar-refractivity contribution in [2.24, 2.45) is 5.92 Å². The minimum absolute atomic E-state index is 0.160. The van der Waals surface area contributed by atoms with Gasteiger partial charge in [0.05, 0.1) is 20.1 Å². The first-order chi connectivity index (χ1) is 12.2. The maximum absolute atomic E-state index is 12.4. The lowest BCUT2D eigenvalue weighted by Crippen LogP contribution is -2.40. The SMILES string of the molecule is COc1ccc(OCC2CCN(C(=O)Cc3ccccn3)CC2)cc1. The molecule has 0 radical (unpaired) electrons. The van der Waals surface area contributed by atoms with Crippen LogP contribution in [0.1, 0.15) is 18.5 Å². The summed E-state index contributed by atoms with van der Waals surface area (Å²) >= 11 is 0. The average Bonchev–Trinajstić information content (AvgIpc) is 2.68. The number of hydrogen-bond donors (Lipinski definition) is 0. The molecule has 1 saturated heterocycles. The average molecular weight is 340 g/mol. The number of ether oxygens (including phenoxy) is 2. The predicted octanol–water partition coefficient (Wildman–Crippen LogP) is 2.95. The Morgan fingerprint density at radius 2 is 1.84 bits per heavy atom. The second kappa shape index (κ2) is 8.51. The molecule has 3 rings (SSSR count). The van der Waals surface area contributed by atoms with Gasteiger partial charge in [-0.1, -0.05) is 6.07 Å². The van der Waals surface area contributed by atoms with E-state index < -0.39 is 0 Å². The highest BCUT2D eigenvalue weighted by Crippen LogP contribution is 2.21. The summed E-state index contributed by atoms with van der Waals surface area (Å²) in [7, 11) is 1.65. The third-order valence-corrected chi connectivity index (χ3v) is 4.57. The van der Waals surface area contributed by atoms with Crippen LogP contribution in [0, 0.1) is 5.92 Å². The number of carbonyl (C=O) groups excluding carboxylic acids is 1. The maximum atomic E-state index is 12.4. The van der Waals surface area contributed by atoms with Gasteiger partial charge in [-0.05, 0) is 55.2 Å². The van der Waals surface area contributed by atoms with Gasteiger partial charge in [-0.2, -0.15) is 0 Å². The first kappa shape index (κ1) is 17.3. The summed E-state index contributed by atoms with van der Waals surface area (Å²) in [4.78, 5) is 18.5. The summed E-state index contributed by atoms with van der Waals surface area (Å²) in [5, 5.41) is 0. The number of nitrogens with zero attached hydrogens (tertiary/aromatic N) is 2. The summed E-state index contributed by atoms with van der Waals surface area (Å²) in [6.07, 6.45) is 4.06. The molecule has 0 atom stereocenters. The van der Waals surface area contributed by atoms with Gasteiger partial charge in [0.1, 0.15) is 11.5 Å². The van der Waals surface area contributed by atoms with E-state index in [-0.39, 0.29) is 5.91 Å². The molecule has 0 spiro atoms. The Bertz CT molecular complexity index is 665. The molecule has 0 bridgehead atoms. The number of piperidine rings is 1. The molecular weight excluding hydrogens is 316 g/mol. The Morgan fingerprint density at radius 1 is 1.12 bits per heavy atom. The molecule has 1 amide bonds. The van der Waals surface area contributed by atoms with Gasteiger partial charge in [0.25, 0.3) is 0 Å². The zero-order valence-electron chi connectivity index (χ0n) is 14.6. The molecule has 1 aromatic carbocycles. The van der Waals surface area contributed by atoms with Crippen LogP contribution in [-0.4, -0.2) is 42.6 Å². The van der Waals surface area contributed by atoms with E-state index in [0.717, 1.165) is 43.1 Å². The molecule has 132 valence electrons.